The molecule has 27 heavy (non-hydrogen) atoms. The van der Waals surface area contributed by atoms with Crippen molar-refractivity contribution >= 4 is 23.8 Å². The summed E-state index contributed by atoms with van der Waals surface area (Å²) in [6, 6.07) is 23.3. The van der Waals surface area contributed by atoms with E-state index in [1.54, 1.807) is 36.4 Å². The third-order valence-corrected chi connectivity index (χ3v) is 4.28. The number of rotatable bonds is 7. The first kappa shape index (κ1) is 18.7. The van der Waals surface area contributed by atoms with E-state index >= 15 is 0 Å². The van der Waals surface area contributed by atoms with Gasteiger partial charge in [-0.05, 0) is 47.5 Å². The van der Waals surface area contributed by atoms with Gasteiger partial charge in [0.2, 0.25) is 0 Å². The van der Waals surface area contributed by atoms with E-state index < -0.39 is 0 Å². The molecule has 0 aliphatic heterocycles. The zero-order valence-corrected chi connectivity index (χ0v) is 15.2. The molecule has 0 radical (unpaired) electrons. The van der Waals surface area contributed by atoms with Crippen LogP contribution < -0.4 is 10.1 Å². The van der Waals surface area contributed by atoms with Crippen LogP contribution in [0.3, 0.4) is 0 Å². The average Bonchev–Trinajstić information content (AvgIpc) is 2.72. The molecule has 1 atom stereocenters. The molecule has 136 valence electrons. The minimum absolute atomic E-state index is 0.128. The predicted molar refractivity (Wildman–Crippen MR) is 105 cm³/mol. The molecule has 0 spiro atoms. The van der Waals surface area contributed by atoms with Gasteiger partial charge in [-0.3, -0.25) is 9.59 Å². The fourth-order valence-electron chi connectivity index (χ4n) is 2.65. The smallest absolute Gasteiger partial charge is 0.258 e. The normalized spacial score (nSPS) is 11.4. The minimum Gasteiger partial charge on any atom is -0.484 e. The molecule has 3 aromatic carbocycles. The van der Waals surface area contributed by atoms with E-state index in [0.717, 1.165) is 17.4 Å². The number of benzene rings is 3. The quantitative estimate of drug-likeness (QED) is 0.617. The number of carbonyl (C=O) groups is 2. The van der Waals surface area contributed by atoms with Crippen molar-refractivity contribution in [2.24, 2.45) is 0 Å². The van der Waals surface area contributed by atoms with Gasteiger partial charge in [0.25, 0.3) is 5.91 Å². The molecule has 3 rings (SSSR count). The van der Waals surface area contributed by atoms with Crippen LogP contribution in [0.25, 0.3) is 0 Å². The molecule has 0 aromatic heterocycles. The van der Waals surface area contributed by atoms with Crippen LogP contribution >= 0.6 is 11.6 Å². The maximum absolute atomic E-state index is 12.4. The summed E-state index contributed by atoms with van der Waals surface area (Å²) < 4.78 is 5.51. The van der Waals surface area contributed by atoms with Crippen LogP contribution in [0.4, 0.5) is 0 Å². The highest BCUT2D eigenvalue weighted by molar-refractivity contribution is 6.30. The van der Waals surface area contributed by atoms with Crippen LogP contribution in [0.5, 0.6) is 5.75 Å². The molecule has 0 saturated heterocycles. The Morgan fingerprint density at radius 3 is 2.19 bits per heavy atom. The Labute approximate surface area is 162 Å². The van der Waals surface area contributed by atoms with Crippen LogP contribution in [-0.4, -0.2) is 18.8 Å². The van der Waals surface area contributed by atoms with E-state index in [1.807, 2.05) is 42.5 Å². The molecule has 0 saturated carbocycles. The molecule has 0 aliphatic rings. The molecule has 0 heterocycles. The predicted octanol–water partition coefficient (Wildman–Crippen LogP) is 4.44. The average molecular weight is 380 g/mol. The molecular weight excluding hydrogens is 362 g/mol. The molecule has 3 aromatic rings. The zero-order valence-electron chi connectivity index (χ0n) is 14.5. The molecule has 1 amide bonds. The Kier molecular flexibility index (Phi) is 6.23. The van der Waals surface area contributed by atoms with E-state index in [1.165, 1.54) is 0 Å². The number of hydrogen-bond donors (Lipinski definition) is 1. The molecule has 4 nitrogen and oxygen atoms in total. The lowest BCUT2D eigenvalue weighted by Gasteiger charge is -2.20. The van der Waals surface area contributed by atoms with Gasteiger partial charge < -0.3 is 10.1 Å². The Morgan fingerprint density at radius 1 is 0.926 bits per heavy atom. The van der Waals surface area contributed by atoms with Crippen molar-refractivity contribution < 1.29 is 14.3 Å². The van der Waals surface area contributed by atoms with Gasteiger partial charge in [0, 0.05) is 10.6 Å². The summed E-state index contributed by atoms with van der Waals surface area (Å²) in [6.07, 6.45) is 0.757. The molecule has 0 fully saturated rings. The van der Waals surface area contributed by atoms with Crippen LogP contribution in [0.2, 0.25) is 5.02 Å². The summed E-state index contributed by atoms with van der Waals surface area (Å²) in [5.41, 5.74) is 2.44. The second-order valence-corrected chi connectivity index (χ2v) is 6.37. The van der Waals surface area contributed by atoms with E-state index in [2.05, 4.69) is 5.32 Å². The van der Waals surface area contributed by atoms with Crippen LogP contribution in [-0.2, 0) is 4.79 Å². The number of aldehydes is 1. The third-order valence-electron chi connectivity index (χ3n) is 4.03. The largest absolute Gasteiger partial charge is 0.484 e. The topological polar surface area (TPSA) is 55.4 Å². The van der Waals surface area contributed by atoms with Crippen LogP contribution in [0.15, 0.2) is 78.9 Å². The Bertz CT molecular complexity index is 893. The Morgan fingerprint density at radius 2 is 1.56 bits per heavy atom. The lowest BCUT2D eigenvalue weighted by Crippen LogP contribution is -2.33. The number of hydrogen-bond acceptors (Lipinski definition) is 3. The summed E-state index contributed by atoms with van der Waals surface area (Å²) in [5.74, 6) is 0.275. The van der Waals surface area contributed by atoms with Gasteiger partial charge >= 0.3 is 0 Å². The minimum atomic E-state index is -0.308. The van der Waals surface area contributed by atoms with E-state index in [4.69, 9.17) is 16.3 Å². The zero-order chi connectivity index (χ0) is 19.1. The van der Waals surface area contributed by atoms with Gasteiger partial charge in [0.15, 0.2) is 6.61 Å². The summed E-state index contributed by atoms with van der Waals surface area (Å²) >= 11 is 5.98. The fourth-order valence-corrected chi connectivity index (χ4v) is 2.78. The van der Waals surface area contributed by atoms with Gasteiger partial charge in [-0.25, -0.2) is 0 Å². The highest BCUT2D eigenvalue weighted by Crippen LogP contribution is 2.23. The number of carbonyl (C=O) groups excluding carboxylic acids is 2. The summed E-state index contributed by atoms with van der Waals surface area (Å²) in [6.45, 7) is -0.128. The van der Waals surface area contributed by atoms with Crippen molar-refractivity contribution in [3.8, 4) is 5.75 Å². The van der Waals surface area contributed by atoms with Crippen molar-refractivity contribution in [2.75, 3.05) is 6.61 Å². The molecule has 0 bridgehead atoms. The molecule has 1 unspecified atom stereocenters. The number of amides is 1. The van der Waals surface area contributed by atoms with Crippen molar-refractivity contribution in [3.05, 3.63) is 101 Å². The molecule has 1 N–H and O–H groups in total. The first-order chi connectivity index (χ1) is 13.2. The van der Waals surface area contributed by atoms with Crippen molar-refractivity contribution in [1.82, 2.24) is 5.32 Å². The summed E-state index contributed by atoms with van der Waals surface area (Å²) in [4.78, 5) is 23.1. The van der Waals surface area contributed by atoms with Gasteiger partial charge in [-0.15, -0.1) is 0 Å². The number of halogens is 1. The SMILES string of the molecule is O=Cc1ccc(OCC(=O)NC(c2ccccc2)c2ccc(Cl)cc2)cc1. The van der Waals surface area contributed by atoms with E-state index in [-0.39, 0.29) is 18.6 Å². The molecule has 0 aliphatic carbocycles. The molecule has 5 heteroatoms. The first-order valence-electron chi connectivity index (χ1n) is 8.43. The number of ether oxygens (including phenoxy) is 1. The maximum atomic E-state index is 12.4. The fraction of sp³-hybridized carbons (Fsp3) is 0.0909. The van der Waals surface area contributed by atoms with Crippen molar-refractivity contribution in [3.63, 3.8) is 0 Å². The second kappa shape index (κ2) is 9.01. The Hall–Kier alpha value is -3.11. The van der Waals surface area contributed by atoms with Gasteiger partial charge in [-0.2, -0.15) is 0 Å². The van der Waals surface area contributed by atoms with Crippen LogP contribution in [0, 0.1) is 0 Å². The van der Waals surface area contributed by atoms with Gasteiger partial charge in [-0.1, -0.05) is 54.1 Å². The van der Waals surface area contributed by atoms with Crippen LogP contribution in [0.1, 0.15) is 27.5 Å². The number of nitrogens with one attached hydrogen (secondary N) is 1. The lowest BCUT2D eigenvalue weighted by molar-refractivity contribution is -0.123. The van der Waals surface area contributed by atoms with Crippen molar-refractivity contribution in [1.29, 1.82) is 0 Å². The van der Waals surface area contributed by atoms with Gasteiger partial charge in [0.05, 0.1) is 6.04 Å². The van der Waals surface area contributed by atoms with E-state index in [9.17, 15) is 9.59 Å². The highest BCUT2D eigenvalue weighted by atomic mass is 35.5. The Balaban J connectivity index is 1.70. The standard InChI is InChI=1S/C22H18ClNO3/c23-19-10-8-18(9-11-19)22(17-4-2-1-3-5-17)24-21(26)15-27-20-12-6-16(14-25)7-13-20/h1-14,22H,15H2,(H,24,26). The maximum Gasteiger partial charge on any atom is 0.258 e. The van der Waals surface area contributed by atoms with E-state index in [0.29, 0.717) is 16.3 Å². The lowest BCUT2D eigenvalue weighted by atomic mass is 9.99. The highest BCUT2D eigenvalue weighted by Gasteiger charge is 2.17. The molecular formula is C22H18ClNO3. The third kappa shape index (κ3) is 5.19. The summed E-state index contributed by atoms with van der Waals surface area (Å²) in [7, 11) is 0. The summed E-state index contributed by atoms with van der Waals surface area (Å²) in [5, 5.41) is 3.64. The van der Waals surface area contributed by atoms with Crippen molar-refractivity contribution in [2.45, 2.75) is 6.04 Å². The monoisotopic (exact) mass is 379 g/mol. The second-order valence-electron chi connectivity index (χ2n) is 5.94. The van der Waals surface area contributed by atoms with Gasteiger partial charge in [0.1, 0.15) is 12.0 Å². The first-order valence-corrected chi connectivity index (χ1v) is 8.81.